The van der Waals surface area contributed by atoms with E-state index in [-0.39, 0.29) is 0 Å². The van der Waals surface area contributed by atoms with Crippen LogP contribution in [0.15, 0.2) is 16.9 Å². The number of aliphatic carboxylic acids is 1. The summed E-state index contributed by atoms with van der Waals surface area (Å²) < 4.78 is 2.43. The van der Waals surface area contributed by atoms with E-state index in [4.69, 9.17) is 5.11 Å². The highest BCUT2D eigenvalue weighted by atomic mass is 79.9. The Morgan fingerprint density at radius 2 is 2.57 bits per heavy atom. The van der Waals surface area contributed by atoms with Crippen molar-refractivity contribution in [2.75, 3.05) is 6.54 Å². The second kappa shape index (κ2) is 5.11. The molecule has 0 bridgehead atoms. The molecule has 1 heterocycles. The molecule has 0 amide bonds. The van der Waals surface area contributed by atoms with Gasteiger partial charge in [-0.2, -0.15) is 5.10 Å². The maximum absolute atomic E-state index is 10.8. The molecule has 0 aliphatic carbocycles. The van der Waals surface area contributed by atoms with Crippen LogP contribution in [0, 0.1) is 0 Å². The van der Waals surface area contributed by atoms with Crippen molar-refractivity contribution in [1.82, 2.24) is 15.1 Å². The van der Waals surface area contributed by atoms with Gasteiger partial charge in [0.05, 0.1) is 17.2 Å². The Balaban J connectivity index is 2.59. The summed E-state index contributed by atoms with van der Waals surface area (Å²) in [4.78, 5) is 10.8. The van der Waals surface area contributed by atoms with Gasteiger partial charge in [0, 0.05) is 6.20 Å². The van der Waals surface area contributed by atoms with Crippen LogP contribution < -0.4 is 5.32 Å². The van der Waals surface area contributed by atoms with Crippen molar-refractivity contribution >= 4 is 21.9 Å². The molecule has 14 heavy (non-hydrogen) atoms. The van der Waals surface area contributed by atoms with E-state index in [1.165, 1.54) is 0 Å². The molecule has 1 rings (SSSR count). The summed E-state index contributed by atoms with van der Waals surface area (Å²) in [5.41, 5.74) is 0. The summed E-state index contributed by atoms with van der Waals surface area (Å²) in [6.07, 6.45) is 3.37. The summed E-state index contributed by atoms with van der Waals surface area (Å²) in [6.45, 7) is 2.82. The molecule has 0 aliphatic rings. The van der Waals surface area contributed by atoms with Gasteiger partial charge in [-0.15, -0.1) is 0 Å². The van der Waals surface area contributed by atoms with Crippen LogP contribution in [-0.2, 0) is 11.3 Å². The lowest BCUT2D eigenvalue weighted by Crippen LogP contribution is -2.40. The third-order valence-electron chi connectivity index (χ3n) is 1.72. The first kappa shape index (κ1) is 11.2. The molecule has 78 valence electrons. The lowest BCUT2D eigenvalue weighted by molar-refractivity contribution is -0.139. The number of nitrogens with zero attached hydrogens (tertiary/aromatic N) is 2. The number of nitrogens with one attached hydrogen (secondary N) is 1. The number of carbonyl (C=O) groups is 1. The second-order valence-corrected chi connectivity index (χ2v) is 3.74. The number of hydrogen-bond acceptors (Lipinski definition) is 3. The van der Waals surface area contributed by atoms with Crippen LogP contribution in [0.3, 0.4) is 0 Å². The number of aromatic nitrogens is 2. The standard InChI is InChI=1S/C8H12BrN3O2/c1-2-10-7(8(13)14)5-12-4-6(9)3-11-12/h3-4,7,10H,2,5H2,1H3,(H,13,14). The van der Waals surface area contributed by atoms with Crippen LogP contribution in [0.1, 0.15) is 6.92 Å². The van der Waals surface area contributed by atoms with Gasteiger partial charge in [-0.05, 0) is 22.5 Å². The van der Waals surface area contributed by atoms with Crippen LogP contribution in [-0.4, -0.2) is 33.4 Å². The minimum Gasteiger partial charge on any atom is -0.480 e. The van der Waals surface area contributed by atoms with E-state index >= 15 is 0 Å². The molecule has 0 saturated heterocycles. The molecule has 1 aromatic heterocycles. The highest BCUT2D eigenvalue weighted by molar-refractivity contribution is 9.10. The molecule has 1 unspecified atom stereocenters. The van der Waals surface area contributed by atoms with E-state index in [2.05, 4.69) is 26.3 Å². The fourth-order valence-corrected chi connectivity index (χ4v) is 1.43. The molecule has 5 nitrogen and oxygen atoms in total. The molecular formula is C8H12BrN3O2. The van der Waals surface area contributed by atoms with E-state index in [1.807, 2.05) is 6.92 Å². The van der Waals surface area contributed by atoms with Gasteiger partial charge >= 0.3 is 5.97 Å². The predicted octanol–water partition coefficient (Wildman–Crippen LogP) is 0.708. The Morgan fingerprint density at radius 1 is 1.86 bits per heavy atom. The number of halogens is 1. The van der Waals surface area contributed by atoms with Crippen molar-refractivity contribution < 1.29 is 9.90 Å². The SMILES string of the molecule is CCNC(Cn1cc(Br)cn1)C(=O)O. The number of rotatable bonds is 5. The monoisotopic (exact) mass is 261 g/mol. The van der Waals surface area contributed by atoms with Crippen molar-refractivity contribution in [3.8, 4) is 0 Å². The van der Waals surface area contributed by atoms with E-state index in [0.29, 0.717) is 13.1 Å². The Hall–Kier alpha value is -0.880. The van der Waals surface area contributed by atoms with Crippen LogP contribution in [0.5, 0.6) is 0 Å². The Labute approximate surface area is 90.2 Å². The van der Waals surface area contributed by atoms with Crippen LogP contribution in [0.4, 0.5) is 0 Å². The summed E-state index contributed by atoms with van der Waals surface area (Å²) >= 11 is 3.25. The molecule has 0 saturated carbocycles. The fourth-order valence-electron chi connectivity index (χ4n) is 1.10. The Kier molecular flexibility index (Phi) is 4.09. The maximum atomic E-state index is 10.8. The first-order valence-electron chi connectivity index (χ1n) is 4.27. The fraction of sp³-hybridized carbons (Fsp3) is 0.500. The van der Waals surface area contributed by atoms with Crippen LogP contribution >= 0.6 is 15.9 Å². The normalized spacial score (nSPS) is 12.7. The zero-order valence-electron chi connectivity index (χ0n) is 7.77. The summed E-state index contributed by atoms with van der Waals surface area (Å²) in [5.74, 6) is -0.863. The molecule has 6 heteroatoms. The third-order valence-corrected chi connectivity index (χ3v) is 2.13. The summed E-state index contributed by atoms with van der Waals surface area (Å²) in [7, 11) is 0. The predicted molar refractivity (Wildman–Crippen MR) is 55.0 cm³/mol. The molecule has 1 aromatic rings. The smallest absolute Gasteiger partial charge is 0.322 e. The van der Waals surface area contributed by atoms with Crippen molar-refractivity contribution in [3.05, 3.63) is 16.9 Å². The zero-order valence-corrected chi connectivity index (χ0v) is 9.36. The quantitative estimate of drug-likeness (QED) is 0.820. The highest BCUT2D eigenvalue weighted by Gasteiger charge is 2.16. The largest absolute Gasteiger partial charge is 0.480 e. The molecule has 1 atom stereocenters. The highest BCUT2D eigenvalue weighted by Crippen LogP contribution is 2.06. The van der Waals surface area contributed by atoms with Crippen molar-refractivity contribution in [1.29, 1.82) is 0 Å². The van der Waals surface area contributed by atoms with Crippen molar-refractivity contribution in [2.45, 2.75) is 19.5 Å². The summed E-state index contributed by atoms with van der Waals surface area (Å²) in [5, 5.41) is 15.7. The molecule has 2 N–H and O–H groups in total. The van der Waals surface area contributed by atoms with Gasteiger partial charge in [0.2, 0.25) is 0 Å². The average molecular weight is 262 g/mol. The van der Waals surface area contributed by atoms with Crippen molar-refractivity contribution in [2.24, 2.45) is 0 Å². The van der Waals surface area contributed by atoms with Gasteiger partial charge in [-0.25, -0.2) is 0 Å². The van der Waals surface area contributed by atoms with Gasteiger partial charge in [-0.3, -0.25) is 9.48 Å². The molecule has 0 aliphatic heterocycles. The molecule has 0 fully saturated rings. The van der Waals surface area contributed by atoms with E-state index in [0.717, 1.165) is 4.47 Å². The molecule has 0 radical (unpaired) electrons. The average Bonchev–Trinajstić information content (AvgIpc) is 2.50. The zero-order chi connectivity index (χ0) is 10.6. The topological polar surface area (TPSA) is 67.2 Å². The number of carboxylic acids is 1. The molecule has 0 spiro atoms. The van der Waals surface area contributed by atoms with Crippen LogP contribution in [0.25, 0.3) is 0 Å². The Morgan fingerprint density at radius 3 is 3.00 bits per heavy atom. The van der Waals surface area contributed by atoms with E-state index in [1.54, 1.807) is 17.1 Å². The Bertz CT molecular complexity index is 313. The minimum atomic E-state index is -0.863. The van der Waals surface area contributed by atoms with Gasteiger partial charge in [0.25, 0.3) is 0 Å². The number of hydrogen-bond donors (Lipinski definition) is 2. The summed E-state index contributed by atoms with van der Waals surface area (Å²) in [6, 6.07) is -0.591. The number of likely N-dealkylation sites (N-methyl/N-ethyl adjacent to an activating group) is 1. The van der Waals surface area contributed by atoms with E-state index in [9.17, 15) is 4.79 Å². The lowest BCUT2D eigenvalue weighted by atomic mass is 10.3. The van der Waals surface area contributed by atoms with Crippen LogP contribution in [0.2, 0.25) is 0 Å². The molecule has 0 aromatic carbocycles. The van der Waals surface area contributed by atoms with E-state index < -0.39 is 12.0 Å². The second-order valence-electron chi connectivity index (χ2n) is 2.83. The maximum Gasteiger partial charge on any atom is 0.322 e. The first-order chi connectivity index (χ1) is 6.63. The van der Waals surface area contributed by atoms with Gasteiger partial charge in [0.15, 0.2) is 0 Å². The lowest BCUT2D eigenvalue weighted by Gasteiger charge is -2.12. The van der Waals surface area contributed by atoms with Gasteiger partial charge < -0.3 is 10.4 Å². The first-order valence-corrected chi connectivity index (χ1v) is 5.07. The van der Waals surface area contributed by atoms with Gasteiger partial charge in [-0.1, -0.05) is 6.92 Å². The molecular weight excluding hydrogens is 250 g/mol. The van der Waals surface area contributed by atoms with Crippen molar-refractivity contribution in [3.63, 3.8) is 0 Å². The minimum absolute atomic E-state index is 0.328. The van der Waals surface area contributed by atoms with Gasteiger partial charge in [0.1, 0.15) is 6.04 Å². The third kappa shape index (κ3) is 3.12. The number of carboxylic acid groups (broad SMARTS) is 1.